The Hall–Kier alpha value is -2.04. The minimum absolute atomic E-state index is 0.194. The topological polar surface area (TPSA) is 67.4 Å². The molecule has 25 heavy (non-hydrogen) atoms. The Morgan fingerprint density at radius 3 is 2.24 bits per heavy atom. The highest BCUT2D eigenvalue weighted by Crippen LogP contribution is 2.17. The zero-order valence-electron chi connectivity index (χ0n) is 16.0. The van der Waals surface area contributed by atoms with Crippen LogP contribution in [0.1, 0.15) is 46.1 Å². The number of carbonyl (C=O) groups excluding carboxylic acids is 2. The fourth-order valence-corrected chi connectivity index (χ4v) is 2.53. The minimum Gasteiger partial charge on any atom is -0.446 e. The molecule has 140 valence electrons. The summed E-state index contributed by atoms with van der Waals surface area (Å²) in [5, 5.41) is 5.28. The van der Waals surface area contributed by atoms with Crippen molar-refractivity contribution in [3.05, 3.63) is 35.9 Å². The van der Waals surface area contributed by atoms with Gasteiger partial charge in [-0.05, 0) is 30.7 Å². The van der Waals surface area contributed by atoms with Crippen LogP contribution >= 0.6 is 0 Å². The molecule has 0 saturated carbocycles. The summed E-state index contributed by atoms with van der Waals surface area (Å²) in [4.78, 5) is 24.3. The van der Waals surface area contributed by atoms with E-state index in [0.717, 1.165) is 18.4 Å². The normalized spacial score (nSPS) is 14.5. The van der Waals surface area contributed by atoms with E-state index in [1.165, 1.54) is 0 Å². The van der Waals surface area contributed by atoms with Crippen LogP contribution < -0.4 is 10.6 Å². The van der Waals surface area contributed by atoms with Crippen molar-refractivity contribution in [3.63, 3.8) is 0 Å². The summed E-state index contributed by atoms with van der Waals surface area (Å²) in [5.74, 6) is 0.675. The second kappa shape index (κ2) is 10.7. The number of benzene rings is 1. The second-order valence-corrected chi connectivity index (χ2v) is 7.06. The molecule has 1 aromatic carbocycles. The zero-order chi connectivity index (χ0) is 18.8. The average molecular weight is 348 g/mol. The smallest absolute Gasteiger partial charge is 0.408 e. The molecule has 5 nitrogen and oxygen atoms in total. The molecule has 2 amide bonds. The summed E-state index contributed by atoms with van der Waals surface area (Å²) in [5.41, 5.74) is 0.981. The van der Waals surface area contributed by atoms with Crippen LogP contribution in [0, 0.1) is 11.8 Å². The van der Waals surface area contributed by atoms with Crippen molar-refractivity contribution in [2.75, 3.05) is 7.05 Å². The highest BCUT2D eigenvalue weighted by atomic mass is 16.6. The number of amides is 2. The Morgan fingerprint density at radius 1 is 1.04 bits per heavy atom. The van der Waals surface area contributed by atoms with Crippen LogP contribution in [0.3, 0.4) is 0 Å². The maximum absolute atomic E-state index is 12.2. The highest BCUT2D eigenvalue weighted by Gasteiger charge is 2.23. The number of ether oxygens (including phenoxy) is 1. The van der Waals surface area contributed by atoms with Crippen molar-refractivity contribution in [1.29, 1.82) is 0 Å². The third-order valence-electron chi connectivity index (χ3n) is 4.43. The molecule has 0 fully saturated rings. The maximum Gasteiger partial charge on any atom is 0.408 e. The standard InChI is InChI=1S/C20H32N2O3/c1-14(2)11-12-15(3)16(4)25-20(24)22-18(19(23)21-5)13-17-9-7-6-8-10-17/h6-10,14-16,18H,11-13H2,1-5H3,(H,21,23)(H,22,24)/t15?,16-,18?/m0/s1. The molecule has 0 bridgehead atoms. The molecule has 1 rings (SSSR count). The molecule has 1 aromatic rings. The third kappa shape index (κ3) is 8.05. The SMILES string of the molecule is CNC(=O)C(Cc1ccccc1)NC(=O)O[C@@H](C)C(C)CCC(C)C. The summed E-state index contributed by atoms with van der Waals surface area (Å²) >= 11 is 0. The number of alkyl carbamates (subject to hydrolysis) is 1. The lowest BCUT2D eigenvalue weighted by molar-refractivity contribution is -0.122. The maximum atomic E-state index is 12.2. The summed E-state index contributed by atoms with van der Waals surface area (Å²) in [6.07, 6.45) is 1.79. The molecule has 0 aromatic heterocycles. The van der Waals surface area contributed by atoms with Gasteiger partial charge in [0.15, 0.2) is 0 Å². The monoisotopic (exact) mass is 348 g/mol. The van der Waals surface area contributed by atoms with Gasteiger partial charge in [-0.25, -0.2) is 4.79 Å². The van der Waals surface area contributed by atoms with E-state index in [0.29, 0.717) is 12.3 Å². The van der Waals surface area contributed by atoms with Gasteiger partial charge in [-0.15, -0.1) is 0 Å². The number of rotatable bonds is 9. The van der Waals surface area contributed by atoms with E-state index in [4.69, 9.17) is 4.74 Å². The first-order valence-electron chi connectivity index (χ1n) is 9.06. The molecule has 0 aliphatic rings. The predicted molar refractivity (Wildman–Crippen MR) is 100 cm³/mol. The summed E-state index contributed by atoms with van der Waals surface area (Å²) in [6, 6.07) is 8.94. The molecule has 0 spiro atoms. The quantitative estimate of drug-likeness (QED) is 0.717. The van der Waals surface area contributed by atoms with Crippen LogP contribution in [-0.2, 0) is 16.0 Å². The number of hydrogen-bond acceptors (Lipinski definition) is 3. The molecule has 0 radical (unpaired) electrons. The Kier molecular flexibility index (Phi) is 9.03. The largest absolute Gasteiger partial charge is 0.446 e. The van der Waals surface area contributed by atoms with Gasteiger partial charge in [-0.1, -0.05) is 57.5 Å². The van der Waals surface area contributed by atoms with E-state index < -0.39 is 12.1 Å². The van der Waals surface area contributed by atoms with Gasteiger partial charge in [0.2, 0.25) is 5.91 Å². The summed E-state index contributed by atoms with van der Waals surface area (Å²) in [7, 11) is 1.56. The van der Waals surface area contributed by atoms with Gasteiger partial charge in [0.1, 0.15) is 12.1 Å². The van der Waals surface area contributed by atoms with E-state index in [2.05, 4.69) is 31.4 Å². The van der Waals surface area contributed by atoms with Gasteiger partial charge < -0.3 is 15.4 Å². The van der Waals surface area contributed by atoms with Crippen molar-refractivity contribution >= 4 is 12.0 Å². The molecule has 0 aliphatic heterocycles. The van der Waals surface area contributed by atoms with Crippen molar-refractivity contribution < 1.29 is 14.3 Å². The number of likely N-dealkylation sites (N-methyl/N-ethyl adjacent to an activating group) is 1. The number of hydrogen-bond donors (Lipinski definition) is 2. The zero-order valence-corrected chi connectivity index (χ0v) is 16.0. The number of nitrogens with one attached hydrogen (secondary N) is 2. The van der Waals surface area contributed by atoms with E-state index in [9.17, 15) is 9.59 Å². The Morgan fingerprint density at radius 2 is 1.68 bits per heavy atom. The highest BCUT2D eigenvalue weighted by molar-refractivity contribution is 5.85. The summed E-state index contributed by atoms with van der Waals surface area (Å²) < 4.78 is 5.48. The molecule has 0 heterocycles. The van der Waals surface area contributed by atoms with Crippen LogP contribution in [-0.4, -0.2) is 31.2 Å². The Balaban J connectivity index is 2.58. The van der Waals surface area contributed by atoms with Crippen LogP contribution in [0.2, 0.25) is 0 Å². The Bertz CT molecular complexity index is 531. The van der Waals surface area contributed by atoms with Crippen molar-refractivity contribution in [2.45, 2.75) is 59.1 Å². The van der Waals surface area contributed by atoms with E-state index in [1.807, 2.05) is 37.3 Å². The molecular formula is C20H32N2O3. The van der Waals surface area contributed by atoms with Crippen LogP contribution in [0.15, 0.2) is 30.3 Å². The van der Waals surface area contributed by atoms with Gasteiger partial charge in [0.05, 0.1) is 0 Å². The lowest BCUT2D eigenvalue weighted by Crippen LogP contribution is -2.48. The molecule has 0 aliphatic carbocycles. The van der Waals surface area contributed by atoms with Crippen molar-refractivity contribution in [3.8, 4) is 0 Å². The first kappa shape index (κ1) is 21.0. The van der Waals surface area contributed by atoms with Gasteiger partial charge in [-0.3, -0.25) is 4.79 Å². The summed E-state index contributed by atoms with van der Waals surface area (Å²) in [6.45, 7) is 8.35. The first-order chi connectivity index (χ1) is 11.8. The van der Waals surface area contributed by atoms with Crippen molar-refractivity contribution in [2.24, 2.45) is 11.8 Å². The molecule has 5 heteroatoms. The number of carbonyl (C=O) groups is 2. The Labute approximate surface area is 151 Å². The van der Waals surface area contributed by atoms with E-state index >= 15 is 0 Å². The van der Waals surface area contributed by atoms with Gasteiger partial charge in [0.25, 0.3) is 0 Å². The first-order valence-corrected chi connectivity index (χ1v) is 9.06. The predicted octanol–water partition coefficient (Wildman–Crippen LogP) is 3.53. The van der Waals surface area contributed by atoms with Crippen LogP contribution in [0.25, 0.3) is 0 Å². The van der Waals surface area contributed by atoms with Gasteiger partial charge in [-0.2, -0.15) is 0 Å². The fraction of sp³-hybridized carbons (Fsp3) is 0.600. The average Bonchev–Trinajstić information content (AvgIpc) is 2.59. The molecule has 2 N–H and O–H groups in total. The van der Waals surface area contributed by atoms with E-state index in [-0.39, 0.29) is 17.9 Å². The van der Waals surface area contributed by atoms with Crippen LogP contribution in [0.4, 0.5) is 4.79 Å². The fourth-order valence-electron chi connectivity index (χ4n) is 2.53. The molecule has 3 atom stereocenters. The second-order valence-electron chi connectivity index (χ2n) is 7.06. The lowest BCUT2D eigenvalue weighted by atomic mass is 9.95. The molecule has 0 saturated heterocycles. The minimum atomic E-state index is -0.655. The van der Waals surface area contributed by atoms with Crippen LogP contribution in [0.5, 0.6) is 0 Å². The van der Waals surface area contributed by atoms with Crippen molar-refractivity contribution in [1.82, 2.24) is 10.6 Å². The molecular weight excluding hydrogens is 316 g/mol. The van der Waals surface area contributed by atoms with Gasteiger partial charge >= 0.3 is 6.09 Å². The van der Waals surface area contributed by atoms with E-state index in [1.54, 1.807) is 7.05 Å². The third-order valence-corrected chi connectivity index (χ3v) is 4.43. The molecule has 2 unspecified atom stereocenters. The lowest BCUT2D eigenvalue weighted by Gasteiger charge is -2.23. The van der Waals surface area contributed by atoms with Gasteiger partial charge in [0, 0.05) is 13.5 Å².